The zero-order chi connectivity index (χ0) is 13.7. The zero-order valence-electron chi connectivity index (χ0n) is 11.2. The molecule has 1 fully saturated rings. The first-order valence-electron chi connectivity index (χ1n) is 6.04. The first-order valence-corrected chi connectivity index (χ1v) is 6.41. The lowest BCUT2D eigenvalue weighted by Gasteiger charge is -2.08. The van der Waals surface area contributed by atoms with Gasteiger partial charge in [0.2, 0.25) is 0 Å². The van der Waals surface area contributed by atoms with Gasteiger partial charge in [-0.3, -0.25) is 4.79 Å². The minimum absolute atomic E-state index is 0.0967. The minimum Gasteiger partial charge on any atom is -0.398 e. The van der Waals surface area contributed by atoms with Crippen LogP contribution in [-0.4, -0.2) is 11.9 Å². The standard InChI is InChI=1S/C14H19ClN2O/c1-13(2)12(14(13,3)4)17-11(18)8-5-6-10(16)9(15)7-8/h5-7,12H,16H2,1-4H3,(H,17,18). The largest absolute Gasteiger partial charge is 0.398 e. The van der Waals surface area contributed by atoms with Crippen molar-refractivity contribution in [3.05, 3.63) is 28.8 Å². The molecule has 0 aliphatic heterocycles. The summed E-state index contributed by atoms with van der Waals surface area (Å²) in [5, 5.41) is 3.47. The Morgan fingerprint density at radius 3 is 2.28 bits per heavy atom. The van der Waals surface area contributed by atoms with Gasteiger partial charge >= 0.3 is 0 Å². The van der Waals surface area contributed by atoms with Gasteiger partial charge in [-0.05, 0) is 29.0 Å². The van der Waals surface area contributed by atoms with Crippen LogP contribution < -0.4 is 11.1 Å². The fourth-order valence-electron chi connectivity index (χ4n) is 2.44. The topological polar surface area (TPSA) is 55.1 Å². The summed E-state index contributed by atoms with van der Waals surface area (Å²) in [7, 11) is 0. The van der Waals surface area contributed by atoms with E-state index in [9.17, 15) is 4.79 Å². The Morgan fingerprint density at radius 1 is 1.28 bits per heavy atom. The molecule has 1 aliphatic carbocycles. The van der Waals surface area contributed by atoms with E-state index in [0.717, 1.165) is 0 Å². The Morgan fingerprint density at radius 2 is 1.83 bits per heavy atom. The molecular weight excluding hydrogens is 248 g/mol. The number of anilines is 1. The van der Waals surface area contributed by atoms with Gasteiger partial charge in [-0.15, -0.1) is 0 Å². The van der Waals surface area contributed by atoms with Gasteiger partial charge in [-0.25, -0.2) is 0 Å². The maximum Gasteiger partial charge on any atom is 0.251 e. The third kappa shape index (κ3) is 1.87. The molecule has 1 amide bonds. The summed E-state index contributed by atoms with van der Waals surface area (Å²) in [4.78, 5) is 12.1. The van der Waals surface area contributed by atoms with Crippen LogP contribution in [-0.2, 0) is 0 Å². The van der Waals surface area contributed by atoms with E-state index in [1.165, 1.54) is 0 Å². The van der Waals surface area contributed by atoms with E-state index in [2.05, 4.69) is 33.0 Å². The second kappa shape index (κ2) is 3.89. The predicted octanol–water partition coefficient (Wildman–Crippen LogP) is 3.09. The van der Waals surface area contributed by atoms with E-state index < -0.39 is 0 Å². The number of nitrogen functional groups attached to an aromatic ring is 1. The lowest BCUT2D eigenvalue weighted by molar-refractivity contribution is 0.0943. The van der Waals surface area contributed by atoms with Crippen molar-refractivity contribution in [2.24, 2.45) is 10.8 Å². The maximum absolute atomic E-state index is 12.1. The van der Waals surface area contributed by atoms with Crippen molar-refractivity contribution in [2.75, 3.05) is 5.73 Å². The van der Waals surface area contributed by atoms with Crippen LogP contribution in [0.25, 0.3) is 0 Å². The zero-order valence-corrected chi connectivity index (χ0v) is 11.9. The Balaban J connectivity index is 2.12. The Bertz CT molecular complexity index is 495. The summed E-state index contributed by atoms with van der Waals surface area (Å²) in [5.41, 5.74) is 6.91. The van der Waals surface area contributed by atoms with Gasteiger partial charge in [-0.1, -0.05) is 39.3 Å². The molecule has 0 unspecified atom stereocenters. The number of halogens is 1. The summed E-state index contributed by atoms with van der Waals surface area (Å²) in [5.74, 6) is -0.0967. The second-order valence-electron chi connectivity index (χ2n) is 6.09. The molecule has 1 aromatic rings. The number of carbonyl (C=O) groups excluding carboxylic acids is 1. The number of nitrogens with one attached hydrogen (secondary N) is 1. The summed E-state index contributed by atoms with van der Waals surface area (Å²) in [6, 6.07) is 5.14. The minimum atomic E-state index is -0.0967. The summed E-state index contributed by atoms with van der Waals surface area (Å²) in [6.07, 6.45) is 0. The Labute approximate surface area is 113 Å². The molecule has 4 heteroatoms. The van der Waals surface area contributed by atoms with Gasteiger partial charge < -0.3 is 11.1 Å². The van der Waals surface area contributed by atoms with Crippen LogP contribution in [0.2, 0.25) is 5.02 Å². The molecule has 1 saturated carbocycles. The molecule has 18 heavy (non-hydrogen) atoms. The average molecular weight is 267 g/mol. The molecule has 1 aliphatic rings. The van der Waals surface area contributed by atoms with Crippen molar-refractivity contribution in [1.29, 1.82) is 0 Å². The van der Waals surface area contributed by atoms with E-state index in [4.69, 9.17) is 17.3 Å². The van der Waals surface area contributed by atoms with Crippen LogP contribution in [0, 0.1) is 10.8 Å². The van der Waals surface area contributed by atoms with E-state index in [1.807, 2.05) is 0 Å². The highest BCUT2D eigenvalue weighted by Crippen LogP contribution is 2.62. The molecule has 98 valence electrons. The van der Waals surface area contributed by atoms with E-state index in [1.54, 1.807) is 18.2 Å². The molecule has 0 aromatic heterocycles. The third-order valence-corrected chi connectivity index (χ3v) is 4.89. The average Bonchev–Trinajstić information content (AvgIpc) is 2.65. The van der Waals surface area contributed by atoms with Crippen LogP contribution >= 0.6 is 11.6 Å². The van der Waals surface area contributed by atoms with Gasteiger partial charge in [0.05, 0.1) is 10.7 Å². The van der Waals surface area contributed by atoms with Crippen molar-refractivity contribution < 1.29 is 4.79 Å². The van der Waals surface area contributed by atoms with Crippen LogP contribution in [0.4, 0.5) is 5.69 Å². The van der Waals surface area contributed by atoms with E-state index in [0.29, 0.717) is 16.3 Å². The van der Waals surface area contributed by atoms with Crippen molar-refractivity contribution in [2.45, 2.75) is 33.7 Å². The van der Waals surface area contributed by atoms with Crippen LogP contribution in [0.1, 0.15) is 38.1 Å². The second-order valence-corrected chi connectivity index (χ2v) is 6.49. The third-order valence-electron chi connectivity index (χ3n) is 4.56. The summed E-state index contributed by atoms with van der Waals surface area (Å²) >= 11 is 5.92. The molecule has 0 bridgehead atoms. The normalized spacial score (nSPS) is 20.5. The highest BCUT2D eigenvalue weighted by atomic mass is 35.5. The van der Waals surface area contributed by atoms with Crippen molar-refractivity contribution >= 4 is 23.2 Å². The first-order chi connectivity index (χ1) is 8.18. The van der Waals surface area contributed by atoms with E-state index >= 15 is 0 Å². The molecule has 3 nitrogen and oxygen atoms in total. The van der Waals surface area contributed by atoms with Crippen LogP contribution in [0.5, 0.6) is 0 Å². The van der Waals surface area contributed by atoms with Gasteiger partial charge in [0.1, 0.15) is 0 Å². The van der Waals surface area contributed by atoms with Crippen molar-refractivity contribution in [3.63, 3.8) is 0 Å². The number of nitrogens with two attached hydrogens (primary N) is 1. The molecule has 3 N–H and O–H groups in total. The molecule has 0 radical (unpaired) electrons. The van der Waals surface area contributed by atoms with Gasteiger partial charge in [0.25, 0.3) is 5.91 Å². The Hall–Kier alpha value is -1.22. The SMILES string of the molecule is CC1(C)C(NC(=O)c2ccc(N)c(Cl)c2)C1(C)C. The Kier molecular flexibility index (Phi) is 2.85. The lowest BCUT2D eigenvalue weighted by atomic mass is 10.0. The molecule has 0 spiro atoms. The quantitative estimate of drug-likeness (QED) is 0.809. The fraction of sp³-hybridized carbons (Fsp3) is 0.500. The number of rotatable bonds is 2. The van der Waals surface area contributed by atoms with Crippen LogP contribution in [0.15, 0.2) is 18.2 Å². The monoisotopic (exact) mass is 266 g/mol. The summed E-state index contributed by atoms with van der Waals surface area (Å²) < 4.78 is 0. The number of amides is 1. The smallest absolute Gasteiger partial charge is 0.251 e. The van der Waals surface area contributed by atoms with Gasteiger partial charge in [0, 0.05) is 11.6 Å². The fourth-order valence-corrected chi connectivity index (χ4v) is 2.62. The molecular formula is C14H19ClN2O. The molecule has 0 saturated heterocycles. The summed E-state index contributed by atoms with van der Waals surface area (Å²) in [6.45, 7) is 8.64. The highest BCUT2D eigenvalue weighted by molar-refractivity contribution is 6.33. The molecule has 0 heterocycles. The highest BCUT2D eigenvalue weighted by Gasteiger charge is 2.65. The number of hydrogen-bond acceptors (Lipinski definition) is 2. The molecule has 2 rings (SSSR count). The van der Waals surface area contributed by atoms with Crippen LogP contribution in [0.3, 0.4) is 0 Å². The maximum atomic E-state index is 12.1. The lowest BCUT2D eigenvalue weighted by Crippen LogP contribution is -2.29. The first kappa shape index (κ1) is 13.2. The van der Waals surface area contributed by atoms with E-state index in [-0.39, 0.29) is 22.8 Å². The number of benzene rings is 1. The van der Waals surface area contributed by atoms with Crippen molar-refractivity contribution in [1.82, 2.24) is 5.32 Å². The molecule has 1 aromatic carbocycles. The van der Waals surface area contributed by atoms with Gasteiger partial charge in [0.15, 0.2) is 0 Å². The number of hydrogen-bond donors (Lipinski definition) is 2. The van der Waals surface area contributed by atoms with Gasteiger partial charge in [-0.2, -0.15) is 0 Å². The number of carbonyl (C=O) groups is 1. The molecule has 0 atom stereocenters. The van der Waals surface area contributed by atoms with Crippen molar-refractivity contribution in [3.8, 4) is 0 Å². The predicted molar refractivity (Wildman–Crippen MR) is 74.7 cm³/mol.